The molecular formula is C27H29ClF2N2O2. The quantitative estimate of drug-likeness (QED) is 0.463. The molecule has 1 heterocycles. The molecule has 0 aromatic heterocycles. The average Bonchev–Trinajstić information content (AvgIpc) is 2.84. The second-order valence-corrected chi connectivity index (χ2v) is 9.11. The van der Waals surface area contributed by atoms with Crippen LogP contribution in [0.2, 0.25) is 5.02 Å². The summed E-state index contributed by atoms with van der Waals surface area (Å²) in [6.45, 7) is 2.54. The Balaban J connectivity index is 1.55. The van der Waals surface area contributed by atoms with Crippen molar-refractivity contribution in [1.82, 2.24) is 4.90 Å². The molecular weight excluding hydrogens is 458 g/mol. The number of aryl methyl sites for hydroxylation is 1. The van der Waals surface area contributed by atoms with E-state index in [1.807, 2.05) is 18.2 Å². The fraction of sp³-hybridized carbons (Fsp3) is 0.333. The van der Waals surface area contributed by atoms with Crippen molar-refractivity contribution >= 4 is 17.3 Å². The molecule has 4 rings (SSSR count). The van der Waals surface area contributed by atoms with Crippen molar-refractivity contribution < 1.29 is 19.0 Å². The number of halogens is 3. The van der Waals surface area contributed by atoms with Crippen molar-refractivity contribution in [1.29, 1.82) is 0 Å². The van der Waals surface area contributed by atoms with Gasteiger partial charge in [-0.25, -0.2) is 8.78 Å². The Kier molecular flexibility index (Phi) is 8.16. The smallest absolute Gasteiger partial charge is 0.123 e. The van der Waals surface area contributed by atoms with Crippen molar-refractivity contribution in [3.8, 4) is 0 Å². The summed E-state index contributed by atoms with van der Waals surface area (Å²) in [4.78, 5) is 4.40. The molecule has 3 aromatic rings. The molecule has 0 saturated carbocycles. The third-order valence-corrected chi connectivity index (χ3v) is 6.65. The summed E-state index contributed by atoms with van der Waals surface area (Å²) in [5, 5.41) is 20.5. The van der Waals surface area contributed by atoms with Gasteiger partial charge in [0.2, 0.25) is 0 Å². The first-order chi connectivity index (χ1) is 16.4. The van der Waals surface area contributed by atoms with E-state index < -0.39 is 6.10 Å². The van der Waals surface area contributed by atoms with Gasteiger partial charge in [0, 0.05) is 32.8 Å². The number of β-amino-alcohol motifs (C(OH)–C–C–N with tert-alkyl or cyclic N) is 1. The highest BCUT2D eigenvalue weighted by molar-refractivity contribution is 6.33. The maximum Gasteiger partial charge on any atom is 0.123 e. The molecule has 1 fully saturated rings. The van der Waals surface area contributed by atoms with E-state index in [1.54, 1.807) is 24.3 Å². The number of benzene rings is 3. The minimum atomic E-state index is -0.740. The molecule has 1 aliphatic rings. The van der Waals surface area contributed by atoms with E-state index in [0.29, 0.717) is 43.2 Å². The van der Waals surface area contributed by atoms with E-state index in [4.69, 9.17) is 16.7 Å². The van der Waals surface area contributed by atoms with E-state index in [1.165, 1.54) is 24.3 Å². The lowest BCUT2D eigenvalue weighted by molar-refractivity contribution is 0.100. The highest BCUT2D eigenvalue weighted by Crippen LogP contribution is 2.36. The van der Waals surface area contributed by atoms with Crippen molar-refractivity contribution in [2.75, 3.05) is 37.7 Å². The lowest BCUT2D eigenvalue weighted by Crippen LogP contribution is -2.49. The minimum Gasteiger partial charge on any atom is -0.396 e. The molecule has 1 saturated heterocycles. The maximum atomic E-state index is 13.6. The van der Waals surface area contributed by atoms with Crippen LogP contribution in [0.4, 0.5) is 14.5 Å². The molecule has 3 aromatic carbocycles. The molecule has 0 bridgehead atoms. The Labute approximate surface area is 204 Å². The zero-order chi connectivity index (χ0) is 24.1. The first-order valence-electron chi connectivity index (χ1n) is 11.5. The standard InChI is InChI=1S/C27H29ClF2N2O2/c28-24-16-19(2-1-15-33)3-12-25(24)32-14-13-31(17-26(32)20-4-8-22(29)9-5-20)18-27(34)21-6-10-23(30)11-7-21/h3-12,16,26-27,33-34H,1-2,13-15,17-18H2/t26-,27-/m0/s1. The lowest BCUT2D eigenvalue weighted by Gasteiger charge is -2.44. The molecule has 1 aliphatic heterocycles. The molecule has 0 spiro atoms. The monoisotopic (exact) mass is 486 g/mol. The molecule has 0 amide bonds. The van der Waals surface area contributed by atoms with Gasteiger partial charge in [0.15, 0.2) is 0 Å². The van der Waals surface area contributed by atoms with Crippen LogP contribution in [0.25, 0.3) is 0 Å². The Bertz CT molecular complexity index is 1080. The number of hydrogen-bond acceptors (Lipinski definition) is 4. The Hall–Kier alpha value is -2.51. The summed E-state index contributed by atoms with van der Waals surface area (Å²) in [6, 6.07) is 18.3. The molecule has 0 unspecified atom stereocenters. The van der Waals surface area contributed by atoms with Gasteiger partial charge in [0.1, 0.15) is 11.6 Å². The van der Waals surface area contributed by atoms with Crippen molar-refractivity contribution in [2.45, 2.75) is 25.0 Å². The largest absolute Gasteiger partial charge is 0.396 e. The SMILES string of the molecule is OCCCc1ccc(N2CCN(C[C@H](O)c3ccc(F)cc3)C[C@H]2c2ccc(F)cc2)c(Cl)c1. The molecule has 2 atom stereocenters. The van der Waals surface area contributed by atoms with Gasteiger partial charge in [-0.2, -0.15) is 0 Å². The third kappa shape index (κ3) is 5.94. The molecule has 180 valence electrons. The zero-order valence-corrected chi connectivity index (χ0v) is 19.6. The molecule has 2 N–H and O–H groups in total. The molecule has 7 heteroatoms. The minimum absolute atomic E-state index is 0.0874. The number of anilines is 1. The normalized spacial score (nSPS) is 17.7. The summed E-state index contributed by atoms with van der Waals surface area (Å²) in [5.41, 5.74) is 3.61. The lowest BCUT2D eigenvalue weighted by atomic mass is 9.99. The second-order valence-electron chi connectivity index (χ2n) is 8.70. The van der Waals surface area contributed by atoms with Gasteiger partial charge in [-0.3, -0.25) is 4.90 Å². The van der Waals surface area contributed by atoms with E-state index in [0.717, 1.165) is 23.2 Å². The van der Waals surface area contributed by atoms with Gasteiger partial charge in [0.05, 0.1) is 22.9 Å². The van der Waals surface area contributed by atoms with E-state index in [-0.39, 0.29) is 24.3 Å². The van der Waals surface area contributed by atoms with Gasteiger partial charge in [0.25, 0.3) is 0 Å². The summed E-state index contributed by atoms with van der Waals surface area (Å²) in [6.07, 6.45) is 0.700. The van der Waals surface area contributed by atoms with Crippen LogP contribution in [-0.2, 0) is 6.42 Å². The Morgan fingerprint density at radius 2 is 1.62 bits per heavy atom. The number of piperazine rings is 1. The van der Waals surface area contributed by atoms with E-state index >= 15 is 0 Å². The van der Waals surface area contributed by atoms with Gasteiger partial charge >= 0.3 is 0 Å². The van der Waals surface area contributed by atoms with Crippen molar-refractivity contribution in [3.63, 3.8) is 0 Å². The number of aliphatic hydroxyl groups excluding tert-OH is 2. The highest BCUT2D eigenvalue weighted by Gasteiger charge is 2.30. The summed E-state index contributed by atoms with van der Waals surface area (Å²) < 4.78 is 26.9. The first-order valence-corrected chi connectivity index (χ1v) is 11.9. The number of rotatable bonds is 8. The first kappa shape index (κ1) is 24.6. The maximum absolute atomic E-state index is 13.6. The van der Waals surface area contributed by atoms with Crippen LogP contribution in [0.15, 0.2) is 66.7 Å². The van der Waals surface area contributed by atoms with Gasteiger partial charge in [-0.15, -0.1) is 0 Å². The Morgan fingerprint density at radius 3 is 2.26 bits per heavy atom. The summed E-state index contributed by atoms with van der Waals surface area (Å²) in [5.74, 6) is -0.624. The van der Waals surface area contributed by atoms with E-state index in [9.17, 15) is 13.9 Å². The summed E-state index contributed by atoms with van der Waals surface area (Å²) in [7, 11) is 0. The van der Waals surface area contributed by atoms with Gasteiger partial charge < -0.3 is 15.1 Å². The molecule has 0 aliphatic carbocycles. The van der Waals surface area contributed by atoms with Crippen LogP contribution in [0.1, 0.15) is 35.3 Å². The molecule has 0 radical (unpaired) electrons. The van der Waals surface area contributed by atoms with Crippen molar-refractivity contribution in [2.24, 2.45) is 0 Å². The second kappa shape index (κ2) is 11.3. The third-order valence-electron chi connectivity index (χ3n) is 6.35. The topological polar surface area (TPSA) is 46.9 Å². The summed E-state index contributed by atoms with van der Waals surface area (Å²) >= 11 is 6.68. The fourth-order valence-corrected chi connectivity index (χ4v) is 4.83. The number of nitrogens with zero attached hydrogens (tertiary/aromatic N) is 2. The predicted molar refractivity (Wildman–Crippen MR) is 131 cm³/mol. The van der Waals surface area contributed by atoms with Crippen LogP contribution in [0.3, 0.4) is 0 Å². The zero-order valence-electron chi connectivity index (χ0n) is 18.9. The van der Waals surface area contributed by atoms with Gasteiger partial charge in [-0.05, 0) is 65.9 Å². The Morgan fingerprint density at radius 1 is 0.941 bits per heavy atom. The fourth-order valence-electron chi connectivity index (χ4n) is 4.52. The molecule has 34 heavy (non-hydrogen) atoms. The highest BCUT2D eigenvalue weighted by atomic mass is 35.5. The van der Waals surface area contributed by atoms with Crippen molar-refractivity contribution in [3.05, 3.63) is 100 Å². The average molecular weight is 487 g/mol. The van der Waals surface area contributed by atoms with Gasteiger partial charge in [-0.1, -0.05) is 41.9 Å². The predicted octanol–water partition coefficient (Wildman–Crippen LogP) is 5.14. The number of aliphatic hydroxyl groups is 2. The van der Waals surface area contributed by atoms with E-state index in [2.05, 4.69) is 9.80 Å². The van der Waals surface area contributed by atoms with Crippen LogP contribution in [-0.4, -0.2) is 47.9 Å². The van der Waals surface area contributed by atoms with Crippen LogP contribution in [0.5, 0.6) is 0 Å². The number of hydrogen-bond donors (Lipinski definition) is 2. The molecule has 4 nitrogen and oxygen atoms in total. The van der Waals surface area contributed by atoms with Crippen LogP contribution < -0.4 is 4.90 Å². The van der Waals surface area contributed by atoms with Crippen LogP contribution >= 0.6 is 11.6 Å². The van der Waals surface area contributed by atoms with Crippen LogP contribution in [0, 0.1) is 11.6 Å².